The number of fused-ring (bicyclic) bond motifs is 4. The first kappa shape index (κ1) is 21.2. The van der Waals surface area contributed by atoms with Gasteiger partial charge in [-0.1, -0.05) is 48.5 Å². The van der Waals surface area contributed by atoms with E-state index in [4.69, 9.17) is 4.74 Å². The molecule has 2 heterocycles. The Morgan fingerprint density at radius 2 is 1.73 bits per heavy atom. The number of hydrogen-bond donors (Lipinski definition) is 4. The van der Waals surface area contributed by atoms with Crippen molar-refractivity contribution in [1.29, 1.82) is 0 Å². The average Bonchev–Trinajstić information content (AvgIpc) is 3.45. The van der Waals surface area contributed by atoms with E-state index in [1.807, 2.05) is 30.3 Å². The van der Waals surface area contributed by atoms with Gasteiger partial charge in [0.2, 0.25) is 0 Å². The van der Waals surface area contributed by atoms with Gasteiger partial charge in [-0.15, -0.1) is 0 Å². The van der Waals surface area contributed by atoms with E-state index in [2.05, 4.69) is 39.6 Å². The van der Waals surface area contributed by atoms with Crippen LogP contribution >= 0.6 is 0 Å². The first-order valence-corrected chi connectivity index (χ1v) is 11.0. The molecular formula is C26H25N3O4. The van der Waals surface area contributed by atoms with Crippen LogP contribution in [-0.2, 0) is 4.74 Å². The van der Waals surface area contributed by atoms with Gasteiger partial charge in [-0.2, -0.15) is 0 Å². The quantitative estimate of drug-likeness (QED) is 0.347. The molecule has 0 saturated heterocycles. The first-order valence-electron chi connectivity index (χ1n) is 11.0. The zero-order chi connectivity index (χ0) is 22.8. The molecule has 0 radical (unpaired) electrons. The van der Waals surface area contributed by atoms with Gasteiger partial charge in [0.05, 0.1) is 6.10 Å². The fourth-order valence-corrected chi connectivity index (χ4v) is 4.58. The Morgan fingerprint density at radius 3 is 2.45 bits per heavy atom. The zero-order valence-electron chi connectivity index (χ0n) is 17.9. The minimum atomic E-state index is -1.09. The summed E-state index contributed by atoms with van der Waals surface area (Å²) in [5, 5.41) is 24.4. The molecule has 0 saturated carbocycles. The third-order valence-corrected chi connectivity index (χ3v) is 6.23. The van der Waals surface area contributed by atoms with Crippen molar-refractivity contribution in [3.8, 4) is 11.1 Å². The number of alkyl carbamates (subject to hydrolysis) is 1. The summed E-state index contributed by atoms with van der Waals surface area (Å²) in [5.41, 5.74) is 5.89. The number of hydrogen-bond acceptors (Lipinski definition) is 5. The molecule has 0 bridgehead atoms. The highest BCUT2D eigenvalue weighted by atomic mass is 16.5. The number of carbonyl (C=O) groups is 1. The van der Waals surface area contributed by atoms with Gasteiger partial charge in [0.15, 0.2) is 0 Å². The number of rotatable bonds is 7. The van der Waals surface area contributed by atoms with Crippen molar-refractivity contribution in [2.75, 3.05) is 13.2 Å². The Balaban J connectivity index is 1.15. The topological polar surface area (TPSA) is 107 Å². The standard InChI is InChI=1S/C26H25N3O4/c30-23(24(31)20-9-12-27-25-21(20)10-13-28-25)11-14-29-26(32)33-15-22-18-7-3-1-5-16(18)17-6-2-4-8-19(17)22/h1-10,12-13,22-24,30-31H,11,14-15H2,(H,27,28)(H,29,32). The van der Waals surface area contributed by atoms with Gasteiger partial charge in [-0.05, 0) is 46.4 Å². The second-order valence-corrected chi connectivity index (χ2v) is 8.19. The van der Waals surface area contributed by atoms with Crippen LogP contribution in [0, 0.1) is 0 Å². The number of amides is 1. The van der Waals surface area contributed by atoms with E-state index in [0.717, 1.165) is 16.5 Å². The van der Waals surface area contributed by atoms with Gasteiger partial charge in [0, 0.05) is 30.2 Å². The van der Waals surface area contributed by atoms with Gasteiger partial charge in [-0.25, -0.2) is 9.78 Å². The molecule has 1 aliphatic rings. The van der Waals surface area contributed by atoms with Crippen LogP contribution in [0.2, 0.25) is 0 Å². The van der Waals surface area contributed by atoms with E-state index in [0.29, 0.717) is 11.2 Å². The number of carbonyl (C=O) groups excluding carboxylic acids is 1. The Bertz CT molecular complexity index is 1240. The number of nitrogens with zero attached hydrogens (tertiary/aromatic N) is 1. The summed E-state index contributed by atoms with van der Waals surface area (Å²) in [7, 11) is 0. The lowest BCUT2D eigenvalue weighted by Gasteiger charge is -2.19. The lowest BCUT2D eigenvalue weighted by molar-refractivity contribution is 0.0145. The number of ether oxygens (including phenoxy) is 1. The van der Waals surface area contributed by atoms with Crippen LogP contribution in [0.5, 0.6) is 0 Å². The van der Waals surface area contributed by atoms with Gasteiger partial charge >= 0.3 is 6.09 Å². The van der Waals surface area contributed by atoms with Crippen LogP contribution in [0.1, 0.15) is 35.1 Å². The van der Waals surface area contributed by atoms with Crippen molar-refractivity contribution in [3.05, 3.63) is 89.7 Å². The predicted molar refractivity (Wildman–Crippen MR) is 125 cm³/mol. The summed E-state index contributed by atoms with van der Waals surface area (Å²) in [5.74, 6) is -0.00832. The summed E-state index contributed by atoms with van der Waals surface area (Å²) in [4.78, 5) is 19.5. The predicted octanol–water partition coefficient (Wildman–Crippen LogP) is 3.89. The molecule has 2 aromatic heterocycles. The third kappa shape index (κ3) is 4.08. The number of H-pyrrole nitrogens is 1. The fourth-order valence-electron chi connectivity index (χ4n) is 4.58. The minimum Gasteiger partial charge on any atom is -0.449 e. The molecule has 1 aliphatic carbocycles. The molecule has 168 valence electrons. The lowest BCUT2D eigenvalue weighted by Crippen LogP contribution is -2.30. The molecule has 7 nitrogen and oxygen atoms in total. The van der Waals surface area contributed by atoms with Crippen LogP contribution < -0.4 is 5.32 Å². The number of aromatic amines is 1. The average molecular weight is 444 g/mol. The zero-order valence-corrected chi connectivity index (χ0v) is 17.9. The number of pyridine rings is 1. The normalized spacial score (nSPS) is 14.5. The van der Waals surface area contributed by atoms with Crippen molar-refractivity contribution >= 4 is 17.1 Å². The van der Waals surface area contributed by atoms with Crippen molar-refractivity contribution in [1.82, 2.24) is 15.3 Å². The van der Waals surface area contributed by atoms with Gasteiger partial charge in [0.1, 0.15) is 18.4 Å². The summed E-state index contributed by atoms with van der Waals surface area (Å²) in [6.45, 7) is 0.407. The fraction of sp³-hybridized carbons (Fsp3) is 0.231. The highest BCUT2D eigenvalue weighted by Crippen LogP contribution is 2.44. The van der Waals surface area contributed by atoms with Crippen LogP contribution in [0.15, 0.2) is 73.1 Å². The van der Waals surface area contributed by atoms with Gasteiger partial charge in [0.25, 0.3) is 0 Å². The Kier molecular flexibility index (Phi) is 5.81. The summed E-state index contributed by atoms with van der Waals surface area (Å²) >= 11 is 0. The molecule has 33 heavy (non-hydrogen) atoms. The maximum atomic E-state index is 12.3. The molecule has 4 N–H and O–H groups in total. The number of aliphatic hydroxyl groups is 2. The number of benzene rings is 2. The van der Waals surface area contributed by atoms with E-state index < -0.39 is 18.3 Å². The van der Waals surface area contributed by atoms with E-state index in [1.54, 1.807) is 18.5 Å². The Morgan fingerprint density at radius 1 is 1.03 bits per heavy atom. The monoisotopic (exact) mass is 443 g/mol. The smallest absolute Gasteiger partial charge is 0.407 e. The largest absolute Gasteiger partial charge is 0.449 e. The maximum absolute atomic E-state index is 12.3. The second-order valence-electron chi connectivity index (χ2n) is 8.19. The summed E-state index contributed by atoms with van der Waals surface area (Å²) in [6, 6.07) is 19.8. The van der Waals surface area contributed by atoms with Crippen molar-refractivity contribution in [2.45, 2.75) is 24.5 Å². The van der Waals surface area contributed by atoms with Crippen LogP contribution in [0.25, 0.3) is 22.2 Å². The first-order chi connectivity index (χ1) is 16.1. The summed E-state index contributed by atoms with van der Waals surface area (Å²) in [6.07, 6.45) is 0.822. The van der Waals surface area contributed by atoms with Crippen molar-refractivity contribution < 1.29 is 19.7 Å². The molecule has 0 fully saturated rings. The number of nitrogens with one attached hydrogen (secondary N) is 2. The Labute approximate surface area is 191 Å². The van der Waals surface area contributed by atoms with E-state index in [9.17, 15) is 15.0 Å². The van der Waals surface area contributed by atoms with Crippen LogP contribution in [0.4, 0.5) is 4.79 Å². The molecule has 2 aromatic carbocycles. The lowest BCUT2D eigenvalue weighted by atomic mass is 9.98. The molecule has 5 rings (SSSR count). The molecule has 1 amide bonds. The van der Waals surface area contributed by atoms with Crippen molar-refractivity contribution in [2.24, 2.45) is 0 Å². The van der Waals surface area contributed by atoms with E-state index in [-0.39, 0.29) is 25.5 Å². The maximum Gasteiger partial charge on any atom is 0.407 e. The molecule has 7 heteroatoms. The molecule has 2 atom stereocenters. The molecule has 0 spiro atoms. The second kappa shape index (κ2) is 9.05. The number of aromatic nitrogens is 2. The highest BCUT2D eigenvalue weighted by molar-refractivity contribution is 5.80. The van der Waals surface area contributed by atoms with E-state index >= 15 is 0 Å². The molecule has 4 aromatic rings. The van der Waals surface area contributed by atoms with E-state index in [1.165, 1.54) is 11.1 Å². The van der Waals surface area contributed by atoms with Crippen LogP contribution in [-0.4, -0.2) is 45.5 Å². The Hall–Kier alpha value is -3.68. The highest BCUT2D eigenvalue weighted by Gasteiger charge is 2.29. The minimum absolute atomic E-state index is 0.00832. The van der Waals surface area contributed by atoms with Crippen molar-refractivity contribution in [3.63, 3.8) is 0 Å². The molecule has 2 unspecified atom stereocenters. The number of aliphatic hydroxyl groups excluding tert-OH is 2. The summed E-state index contributed by atoms with van der Waals surface area (Å²) < 4.78 is 5.51. The van der Waals surface area contributed by atoms with Gasteiger partial charge < -0.3 is 25.3 Å². The van der Waals surface area contributed by atoms with Crippen LogP contribution in [0.3, 0.4) is 0 Å². The third-order valence-electron chi connectivity index (χ3n) is 6.23. The molecular weight excluding hydrogens is 418 g/mol. The SMILES string of the molecule is O=C(NCCC(O)C(O)c1ccnc2[nH]ccc12)OCC1c2ccccc2-c2ccccc21. The van der Waals surface area contributed by atoms with Gasteiger partial charge in [-0.3, -0.25) is 0 Å². The molecule has 0 aliphatic heterocycles.